The number of aliphatic hydroxyl groups excluding tert-OH is 2. The van der Waals surface area contributed by atoms with Crippen LogP contribution < -0.4 is 26.6 Å². The van der Waals surface area contributed by atoms with Crippen LogP contribution in [0.5, 0.6) is 0 Å². The predicted octanol–water partition coefficient (Wildman–Crippen LogP) is 0.500. The van der Waals surface area contributed by atoms with Crippen LogP contribution in [0.1, 0.15) is 67.7 Å². The second-order valence-corrected chi connectivity index (χ2v) is 12.4. The highest BCUT2D eigenvalue weighted by Crippen LogP contribution is 2.26. The van der Waals surface area contributed by atoms with Crippen LogP contribution in [0.25, 0.3) is 0 Å². The van der Waals surface area contributed by atoms with Gasteiger partial charge in [-0.1, -0.05) is 41.5 Å². The molecule has 0 aromatic heterocycles. The molecule has 0 aliphatic carbocycles. The Morgan fingerprint density at radius 3 is 1.31 bits per heavy atom. The van der Waals surface area contributed by atoms with Gasteiger partial charge in [0.05, 0.1) is 25.0 Å². The predicted molar refractivity (Wildman–Crippen MR) is 155 cm³/mol. The van der Waals surface area contributed by atoms with E-state index in [0.29, 0.717) is 0 Å². The summed E-state index contributed by atoms with van der Waals surface area (Å²) in [5.41, 5.74) is 0. The zero-order valence-electron chi connectivity index (χ0n) is 27.5. The molecule has 0 saturated heterocycles. The maximum Gasteiger partial charge on any atom is 0.411 e. The first kappa shape index (κ1) is 44.3. The van der Waals surface area contributed by atoms with Gasteiger partial charge in [-0.3, -0.25) is 28.8 Å². The molecule has 0 aromatic carbocycles. The van der Waals surface area contributed by atoms with Gasteiger partial charge in [0, 0.05) is 6.42 Å². The summed E-state index contributed by atoms with van der Waals surface area (Å²) >= 11 is 0. The summed E-state index contributed by atoms with van der Waals surface area (Å²) in [5.74, 6) is -8.96. The van der Waals surface area contributed by atoms with Crippen molar-refractivity contribution in [3.05, 3.63) is 0 Å². The van der Waals surface area contributed by atoms with Crippen molar-refractivity contribution in [3.8, 4) is 0 Å². The molecular weight excluding hydrogens is 664 g/mol. The van der Waals surface area contributed by atoms with Crippen molar-refractivity contribution in [1.82, 2.24) is 26.6 Å². The molecule has 20 heteroatoms. The van der Waals surface area contributed by atoms with Crippen LogP contribution in [-0.2, 0) is 28.8 Å². The Balaban J connectivity index is 5.71. The van der Waals surface area contributed by atoms with Gasteiger partial charge in [0.15, 0.2) is 12.1 Å². The molecule has 0 rings (SSSR count). The minimum atomic E-state index is -5.37. The number of carbonyl (C=O) groups is 6. The van der Waals surface area contributed by atoms with E-state index >= 15 is 0 Å². The molecule has 0 aromatic rings. The summed E-state index contributed by atoms with van der Waals surface area (Å²) in [6.45, 7) is 10.3. The number of hydrogen-bond acceptors (Lipinski definition) is 8. The number of rotatable bonds is 18. The molecule has 0 bridgehead atoms. The largest absolute Gasteiger partial charge is 0.481 e. The maximum absolute atomic E-state index is 13.9. The topological polar surface area (TPSA) is 223 Å². The van der Waals surface area contributed by atoms with Gasteiger partial charge >= 0.3 is 18.3 Å². The van der Waals surface area contributed by atoms with E-state index in [2.05, 4.69) is 10.6 Å². The van der Waals surface area contributed by atoms with E-state index < -0.39 is 115 Å². The van der Waals surface area contributed by atoms with Crippen molar-refractivity contribution in [2.75, 3.05) is 0 Å². The minimum Gasteiger partial charge on any atom is -0.481 e. The van der Waals surface area contributed by atoms with Gasteiger partial charge in [-0.25, -0.2) is 0 Å². The van der Waals surface area contributed by atoms with Gasteiger partial charge in [0.2, 0.25) is 29.5 Å². The van der Waals surface area contributed by atoms with Gasteiger partial charge in [-0.15, -0.1) is 0 Å². The Labute approximate surface area is 273 Å². The van der Waals surface area contributed by atoms with Gasteiger partial charge < -0.3 is 41.9 Å². The van der Waals surface area contributed by atoms with E-state index in [1.165, 1.54) is 19.2 Å². The summed E-state index contributed by atoms with van der Waals surface area (Å²) in [6, 6.07) is -10.8. The average Bonchev–Trinajstić information content (AvgIpc) is 2.88. The normalized spacial score (nSPS) is 16.6. The first-order chi connectivity index (χ1) is 21.7. The molecule has 48 heavy (non-hydrogen) atoms. The summed E-state index contributed by atoms with van der Waals surface area (Å²) in [6.07, 6.45) is -18.7. The number of amides is 5. The highest BCUT2D eigenvalue weighted by molar-refractivity contribution is 5.92. The summed E-state index contributed by atoms with van der Waals surface area (Å²) in [7, 11) is 0. The Morgan fingerprint density at radius 1 is 0.542 bits per heavy atom. The van der Waals surface area contributed by atoms with E-state index in [1.54, 1.807) is 38.3 Å². The van der Waals surface area contributed by atoms with Crippen LogP contribution in [0.4, 0.5) is 26.3 Å². The molecule has 0 spiro atoms. The Bertz CT molecular complexity index is 1130. The molecule has 0 radical (unpaired) electrons. The monoisotopic (exact) mass is 709 g/mol. The lowest BCUT2D eigenvalue weighted by atomic mass is 9.98. The van der Waals surface area contributed by atoms with Crippen LogP contribution in [-0.4, -0.2) is 106 Å². The highest BCUT2D eigenvalue weighted by atomic mass is 19.4. The maximum atomic E-state index is 13.9. The fourth-order valence-electron chi connectivity index (χ4n) is 4.20. The zero-order valence-corrected chi connectivity index (χ0v) is 27.5. The number of carboxylic acid groups (broad SMARTS) is 1. The second-order valence-electron chi connectivity index (χ2n) is 12.4. The van der Waals surface area contributed by atoms with Crippen molar-refractivity contribution < 1.29 is 70.4 Å². The highest BCUT2D eigenvalue weighted by Gasteiger charge is 2.48. The van der Waals surface area contributed by atoms with E-state index in [0.717, 1.165) is 6.92 Å². The van der Waals surface area contributed by atoms with Crippen LogP contribution in [0.2, 0.25) is 0 Å². The number of nitrogens with one attached hydrogen (secondary N) is 5. The van der Waals surface area contributed by atoms with E-state index in [-0.39, 0.29) is 12.3 Å². The lowest BCUT2D eigenvalue weighted by Gasteiger charge is -2.31. The van der Waals surface area contributed by atoms with Crippen LogP contribution in [0, 0.1) is 17.8 Å². The smallest absolute Gasteiger partial charge is 0.411 e. The first-order valence-corrected chi connectivity index (χ1v) is 14.9. The number of aliphatic carboxylic acids is 1. The Morgan fingerprint density at radius 2 is 0.917 bits per heavy atom. The molecular formula is C28H45F6N5O9. The second kappa shape index (κ2) is 18.8. The van der Waals surface area contributed by atoms with Gasteiger partial charge in [0.1, 0.15) is 18.1 Å². The Kier molecular flexibility index (Phi) is 17.3. The quantitative estimate of drug-likeness (QED) is 0.0927. The van der Waals surface area contributed by atoms with E-state index in [9.17, 15) is 65.3 Å². The zero-order chi connectivity index (χ0) is 37.9. The van der Waals surface area contributed by atoms with Crippen LogP contribution in [0.3, 0.4) is 0 Å². The standard InChI is InChI=1S/C28H45F6N5O9/c1-11(2)8-17(42)36-20(12(3)4)25(47)37-21(13(5)6)26(48)39-22(27(29,30)31)15(40)9-18(43)35-14(7)24(46)38-23(28(32,33)34)16(41)10-19(44)45/h11-16,20-23,40-41H,8-10H2,1-7H3,(H,35,43)(H,36,42)(H,37,47)(H,38,46)(H,39,48)(H,44,45)/t14-,15-,16?,20-,21-,22+,23+/m0/s1. The molecule has 1 unspecified atom stereocenters. The third kappa shape index (κ3) is 15.5. The summed E-state index contributed by atoms with van der Waals surface area (Å²) < 4.78 is 81.5. The number of hydrogen-bond donors (Lipinski definition) is 8. The minimum absolute atomic E-state index is 0.0468. The molecule has 0 aliphatic rings. The fourth-order valence-corrected chi connectivity index (χ4v) is 4.20. The average molecular weight is 710 g/mol. The third-order valence-electron chi connectivity index (χ3n) is 6.73. The summed E-state index contributed by atoms with van der Waals surface area (Å²) in [5, 5.41) is 38.0. The molecule has 0 saturated carbocycles. The number of aliphatic hydroxyl groups is 2. The lowest BCUT2D eigenvalue weighted by Crippen LogP contribution is -2.61. The van der Waals surface area contributed by atoms with Gasteiger partial charge in [-0.2, -0.15) is 26.3 Å². The SMILES string of the molecule is CC(C)CC(=O)N[C@H](C(=O)N[C@H](C(=O)N[C@H]([C@@H](O)CC(=O)N[C@@H](C)C(=O)N[C@H](C(O)CC(=O)O)C(F)(F)F)C(F)(F)F)C(C)C)C(C)C. The number of alkyl halides is 6. The number of carboxylic acids is 1. The van der Waals surface area contributed by atoms with E-state index in [4.69, 9.17) is 5.11 Å². The van der Waals surface area contributed by atoms with Gasteiger partial charge in [-0.05, 0) is 24.7 Å². The van der Waals surface area contributed by atoms with Gasteiger partial charge in [0.25, 0.3) is 0 Å². The Hall–Kier alpha value is -3.68. The third-order valence-corrected chi connectivity index (χ3v) is 6.73. The molecule has 278 valence electrons. The van der Waals surface area contributed by atoms with Crippen LogP contribution in [0.15, 0.2) is 0 Å². The van der Waals surface area contributed by atoms with Crippen molar-refractivity contribution in [2.24, 2.45) is 17.8 Å². The number of halogens is 6. The lowest BCUT2D eigenvalue weighted by molar-refractivity contribution is -0.184. The molecule has 14 nitrogen and oxygen atoms in total. The molecule has 0 fully saturated rings. The van der Waals surface area contributed by atoms with Crippen molar-refractivity contribution >= 4 is 35.5 Å². The molecule has 7 atom stereocenters. The van der Waals surface area contributed by atoms with Crippen molar-refractivity contribution in [2.45, 2.75) is 122 Å². The molecule has 0 heterocycles. The fraction of sp³-hybridized carbons (Fsp3) is 0.786. The van der Waals surface area contributed by atoms with Crippen molar-refractivity contribution in [3.63, 3.8) is 0 Å². The van der Waals surface area contributed by atoms with Crippen LogP contribution >= 0.6 is 0 Å². The summed E-state index contributed by atoms with van der Waals surface area (Å²) in [4.78, 5) is 73.5. The molecule has 0 aliphatic heterocycles. The first-order valence-electron chi connectivity index (χ1n) is 14.9. The molecule has 8 N–H and O–H groups in total. The number of carbonyl (C=O) groups excluding carboxylic acids is 5. The van der Waals surface area contributed by atoms with Crippen molar-refractivity contribution in [1.29, 1.82) is 0 Å². The van der Waals surface area contributed by atoms with E-state index in [1.807, 2.05) is 0 Å². The molecule has 5 amide bonds.